The van der Waals surface area contributed by atoms with Gasteiger partial charge in [0.2, 0.25) is 17.7 Å². The fourth-order valence-electron chi connectivity index (χ4n) is 3.79. The molecule has 0 aromatic rings. The maximum atomic E-state index is 12.7. The summed E-state index contributed by atoms with van der Waals surface area (Å²) in [5.41, 5.74) is -1.08. The number of hydrogen-bond donors (Lipinski definition) is 4. The van der Waals surface area contributed by atoms with E-state index in [2.05, 4.69) is 55.9 Å². The van der Waals surface area contributed by atoms with E-state index >= 15 is 0 Å². The van der Waals surface area contributed by atoms with Crippen LogP contribution in [-0.2, 0) is 19.1 Å². The zero-order chi connectivity index (χ0) is 26.9. The average molecular weight is 497 g/mol. The van der Waals surface area contributed by atoms with Gasteiger partial charge in [-0.2, -0.15) is 0 Å². The zero-order valence-corrected chi connectivity index (χ0v) is 23.8. The maximum absolute atomic E-state index is 12.7. The standard InChI is InChI=1S/C27H52N4O4/c1-24(2,3)15-16-27(8)23(34)30-20(22(33)31-27)12-10-11-18-29-21(32)13-14-26(6,7)35-19-17-25(4,5)28-9/h20,28H,10-19H2,1-9H3,(H,29,32)(H,30,34)(H,31,33). The molecule has 204 valence electrons. The first-order chi connectivity index (χ1) is 16.0. The van der Waals surface area contributed by atoms with Crippen molar-refractivity contribution in [3.8, 4) is 0 Å². The Bertz CT molecular complexity index is 714. The largest absolute Gasteiger partial charge is 0.375 e. The van der Waals surface area contributed by atoms with Crippen molar-refractivity contribution in [1.82, 2.24) is 21.3 Å². The number of piperazine rings is 1. The number of carbonyl (C=O) groups is 3. The molecule has 1 heterocycles. The van der Waals surface area contributed by atoms with E-state index in [0.717, 1.165) is 25.7 Å². The lowest BCUT2D eigenvalue weighted by molar-refractivity contribution is -0.141. The fourth-order valence-corrected chi connectivity index (χ4v) is 3.79. The second-order valence-electron chi connectivity index (χ2n) is 12.7. The molecule has 2 atom stereocenters. The van der Waals surface area contributed by atoms with Gasteiger partial charge in [-0.15, -0.1) is 0 Å². The monoisotopic (exact) mass is 496 g/mol. The maximum Gasteiger partial charge on any atom is 0.246 e. The van der Waals surface area contributed by atoms with Crippen molar-refractivity contribution in [2.45, 2.75) is 129 Å². The van der Waals surface area contributed by atoms with E-state index in [-0.39, 0.29) is 34.3 Å². The summed E-state index contributed by atoms with van der Waals surface area (Å²) in [6.45, 7) is 17.7. The third kappa shape index (κ3) is 12.2. The number of carbonyl (C=O) groups excluding carboxylic acids is 3. The van der Waals surface area contributed by atoms with E-state index in [9.17, 15) is 14.4 Å². The Morgan fingerprint density at radius 2 is 1.69 bits per heavy atom. The predicted molar refractivity (Wildman–Crippen MR) is 141 cm³/mol. The molecular weight excluding hydrogens is 444 g/mol. The van der Waals surface area contributed by atoms with E-state index in [1.165, 1.54) is 0 Å². The first-order valence-electron chi connectivity index (χ1n) is 13.2. The second-order valence-corrected chi connectivity index (χ2v) is 12.7. The van der Waals surface area contributed by atoms with Crippen LogP contribution in [0.2, 0.25) is 0 Å². The van der Waals surface area contributed by atoms with Gasteiger partial charge in [-0.3, -0.25) is 14.4 Å². The Morgan fingerprint density at radius 1 is 1.03 bits per heavy atom. The summed E-state index contributed by atoms with van der Waals surface area (Å²) < 4.78 is 6.00. The molecule has 1 aliphatic heterocycles. The van der Waals surface area contributed by atoms with Crippen LogP contribution in [-0.4, -0.2) is 60.6 Å². The van der Waals surface area contributed by atoms with Gasteiger partial charge in [-0.25, -0.2) is 0 Å². The Hall–Kier alpha value is -1.67. The van der Waals surface area contributed by atoms with Gasteiger partial charge in [0.25, 0.3) is 0 Å². The van der Waals surface area contributed by atoms with Crippen LogP contribution in [0.25, 0.3) is 0 Å². The van der Waals surface area contributed by atoms with Crippen molar-refractivity contribution in [2.75, 3.05) is 20.2 Å². The summed E-state index contributed by atoms with van der Waals surface area (Å²) >= 11 is 0. The lowest BCUT2D eigenvalue weighted by Gasteiger charge is -2.38. The third-order valence-electron chi connectivity index (χ3n) is 6.99. The molecule has 1 fully saturated rings. The molecule has 8 heteroatoms. The zero-order valence-electron chi connectivity index (χ0n) is 23.8. The Balaban J connectivity index is 2.26. The number of rotatable bonds is 15. The highest BCUT2D eigenvalue weighted by Crippen LogP contribution is 2.27. The average Bonchev–Trinajstić information content (AvgIpc) is 2.73. The lowest BCUT2D eigenvalue weighted by Crippen LogP contribution is -2.68. The minimum atomic E-state index is -0.852. The Morgan fingerprint density at radius 3 is 2.29 bits per heavy atom. The molecule has 4 N–H and O–H groups in total. The summed E-state index contributed by atoms with van der Waals surface area (Å²) in [6, 6.07) is -0.508. The van der Waals surface area contributed by atoms with Crippen molar-refractivity contribution in [3.63, 3.8) is 0 Å². The molecule has 1 aliphatic rings. The Kier molecular flexibility index (Phi) is 11.7. The molecule has 0 spiro atoms. The number of unbranched alkanes of at least 4 members (excludes halogenated alkanes) is 1. The van der Waals surface area contributed by atoms with Crippen LogP contribution in [0.15, 0.2) is 0 Å². The van der Waals surface area contributed by atoms with Crippen molar-refractivity contribution < 1.29 is 19.1 Å². The molecule has 1 rings (SSSR count). The summed E-state index contributed by atoms with van der Waals surface area (Å²) in [4.78, 5) is 37.5. The van der Waals surface area contributed by atoms with Crippen molar-refractivity contribution in [3.05, 3.63) is 0 Å². The van der Waals surface area contributed by atoms with Crippen LogP contribution >= 0.6 is 0 Å². The van der Waals surface area contributed by atoms with Gasteiger partial charge in [-0.05, 0) is 92.0 Å². The van der Waals surface area contributed by atoms with E-state index < -0.39 is 11.6 Å². The van der Waals surface area contributed by atoms with Gasteiger partial charge in [0, 0.05) is 25.1 Å². The molecule has 0 bridgehead atoms. The summed E-state index contributed by atoms with van der Waals surface area (Å²) in [6.07, 6.45) is 5.49. The molecule has 2 unspecified atom stereocenters. The molecule has 0 saturated carbocycles. The molecule has 1 saturated heterocycles. The number of hydrogen-bond acceptors (Lipinski definition) is 5. The van der Waals surface area contributed by atoms with Gasteiger partial charge in [0.1, 0.15) is 11.6 Å². The second kappa shape index (κ2) is 13.0. The van der Waals surface area contributed by atoms with Crippen LogP contribution in [0.3, 0.4) is 0 Å². The van der Waals surface area contributed by atoms with Crippen LogP contribution in [0.4, 0.5) is 0 Å². The quantitative estimate of drug-likeness (QED) is 0.260. The number of nitrogens with one attached hydrogen (secondary N) is 4. The van der Waals surface area contributed by atoms with E-state index in [0.29, 0.717) is 38.8 Å². The molecule has 8 nitrogen and oxygen atoms in total. The lowest BCUT2D eigenvalue weighted by atomic mass is 9.82. The van der Waals surface area contributed by atoms with E-state index in [4.69, 9.17) is 4.74 Å². The van der Waals surface area contributed by atoms with Crippen LogP contribution in [0.1, 0.15) is 107 Å². The number of ether oxygens (including phenoxy) is 1. The van der Waals surface area contributed by atoms with Crippen molar-refractivity contribution >= 4 is 17.7 Å². The minimum Gasteiger partial charge on any atom is -0.375 e. The minimum absolute atomic E-state index is 0.00977. The summed E-state index contributed by atoms with van der Waals surface area (Å²) in [7, 11) is 1.94. The molecule has 0 aliphatic carbocycles. The fraction of sp³-hybridized carbons (Fsp3) is 0.889. The van der Waals surface area contributed by atoms with Crippen LogP contribution < -0.4 is 21.3 Å². The van der Waals surface area contributed by atoms with Crippen molar-refractivity contribution in [1.29, 1.82) is 0 Å². The predicted octanol–water partition coefficient (Wildman–Crippen LogP) is 3.44. The smallest absolute Gasteiger partial charge is 0.246 e. The topological polar surface area (TPSA) is 109 Å². The van der Waals surface area contributed by atoms with E-state index in [1.54, 1.807) is 6.92 Å². The summed E-state index contributed by atoms with van der Waals surface area (Å²) in [5, 5.41) is 12.1. The van der Waals surface area contributed by atoms with Gasteiger partial charge in [0.05, 0.1) is 5.60 Å². The SMILES string of the molecule is CNC(C)(C)CCOC(C)(C)CCC(=O)NCCCCC1NC(=O)C(C)(CCC(C)(C)C)NC1=O. The van der Waals surface area contributed by atoms with Crippen LogP contribution in [0, 0.1) is 5.41 Å². The Labute approximate surface area is 213 Å². The number of amides is 3. The molecule has 3 amide bonds. The van der Waals surface area contributed by atoms with Crippen LogP contribution in [0.5, 0.6) is 0 Å². The normalized spacial score (nSPS) is 21.5. The van der Waals surface area contributed by atoms with Crippen molar-refractivity contribution in [2.24, 2.45) is 5.41 Å². The highest BCUT2D eigenvalue weighted by Gasteiger charge is 2.42. The van der Waals surface area contributed by atoms with Gasteiger partial charge in [0.15, 0.2) is 0 Å². The highest BCUT2D eigenvalue weighted by molar-refractivity contribution is 5.99. The van der Waals surface area contributed by atoms with Gasteiger partial charge >= 0.3 is 0 Å². The van der Waals surface area contributed by atoms with Gasteiger partial charge < -0.3 is 26.0 Å². The third-order valence-corrected chi connectivity index (χ3v) is 6.99. The highest BCUT2D eigenvalue weighted by atomic mass is 16.5. The molecular formula is C27H52N4O4. The van der Waals surface area contributed by atoms with Gasteiger partial charge in [-0.1, -0.05) is 20.8 Å². The molecule has 0 aromatic carbocycles. The molecule has 0 aromatic heterocycles. The molecule has 0 radical (unpaired) electrons. The first-order valence-corrected chi connectivity index (χ1v) is 13.2. The summed E-state index contributed by atoms with van der Waals surface area (Å²) in [5.74, 6) is -0.222. The first kappa shape index (κ1) is 31.4. The molecule has 35 heavy (non-hydrogen) atoms. The van der Waals surface area contributed by atoms with E-state index in [1.807, 2.05) is 20.9 Å².